The van der Waals surface area contributed by atoms with E-state index >= 15 is 0 Å². The van der Waals surface area contributed by atoms with Gasteiger partial charge < -0.3 is 14.4 Å². The molecule has 0 amide bonds. The van der Waals surface area contributed by atoms with E-state index in [1.165, 1.54) is 18.9 Å². The predicted octanol–water partition coefficient (Wildman–Crippen LogP) is 2.46. The molecule has 0 unspecified atom stereocenters. The van der Waals surface area contributed by atoms with Gasteiger partial charge in [-0.3, -0.25) is 0 Å². The Bertz CT molecular complexity index is 629. The number of carboxylic acid groups (broad SMARTS) is 1. The second-order valence-corrected chi connectivity index (χ2v) is 4.67. The largest absolute Gasteiger partial charge is 0.495 e. The number of rotatable bonds is 4. The molecule has 0 bridgehead atoms. The van der Waals surface area contributed by atoms with Gasteiger partial charge >= 0.3 is 5.97 Å². The molecule has 1 aliphatic carbocycles. The number of imidazole rings is 1. The van der Waals surface area contributed by atoms with Crippen molar-refractivity contribution in [2.24, 2.45) is 0 Å². The Morgan fingerprint density at radius 1 is 1.47 bits per heavy atom. The van der Waals surface area contributed by atoms with Gasteiger partial charge in [0.25, 0.3) is 0 Å². The summed E-state index contributed by atoms with van der Waals surface area (Å²) in [5, 5.41) is 9.06. The summed E-state index contributed by atoms with van der Waals surface area (Å²) >= 11 is 0. The van der Waals surface area contributed by atoms with Crippen LogP contribution in [-0.4, -0.2) is 27.7 Å². The molecule has 98 valence electrons. The summed E-state index contributed by atoms with van der Waals surface area (Å²) in [6, 6.07) is 4.79. The van der Waals surface area contributed by atoms with E-state index in [4.69, 9.17) is 9.84 Å². The highest BCUT2D eigenvalue weighted by atomic mass is 16.5. The van der Waals surface area contributed by atoms with Crippen molar-refractivity contribution in [1.29, 1.82) is 0 Å². The van der Waals surface area contributed by atoms with Crippen molar-refractivity contribution in [1.82, 2.24) is 9.55 Å². The molecular formula is C14H14N2O3. The first kappa shape index (κ1) is 11.8. The molecule has 0 saturated heterocycles. The van der Waals surface area contributed by atoms with Gasteiger partial charge in [0.1, 0.15) is 5.75 Å². The molecule has 2 aromatic rings. The van der Waals surface area contributed by atoms with E-state index in [-0.39, 0.29) is 5.56 Å². The van der Waals surface area contributed by atoms with Gasteiger partial charge in [0.15, 0.2) is 0 Å². The predicted molar refractivity (Wildman–Crippen MR) is 69.1 cm³/mol. The van der Waals surface area contributed by atoms with Crippen LogP contribution in [0.4, 0.5) is 0 Å². The third-order valence-corrected chi connectivity index (χ3v) is 3.30. The summed E-state index contributed by atoms with van der Waals surface area (Å²) in [7, 11) is 1.57. The number of aromatic carboxylic acids is 1. The van der Waals surface area contributed by atoms with E-state index in [1.54, 1.807) is 25.6 Å². The molecule has 1 aromatic heterocycles. The number of ether oxygens (including phenoxy) is 1. The van der Waals surface area contributed by atoms with E-state index in [2.05, 4.69) is 4.98 Å². The van der Waals surface area contributed by atoms with E-state index in [0.29, 0.717) is 17.4 Å². The number of nitrogens with zero attached hydrogens (tertiary/aromatic N) is 2. The molecule has 0 spiro atoms. The highest BCUT2D eigenvalue weighted by Gasteiger charge is 2.26. The smallest absolute Gasteiger partial charge is 0.335 e. The molecule has 0 atom stereocenters. The Morgan fingerprint density at radius 2 is 2.26 bits per heavy atom. The topological polar surface area (TPSA) is 64.3 Å². The average Bonchev–Trinajstić information content (AvgIpc) is 3.16. The molecule has 1 N–H and O–H groups in total. The molecule has 1 aromatic carbocycles. The fraction of sp³-hybridized carbons (Fsp3) is 0.286. The molecule has 1 heterocycles. The SMILES string of the molecule is COc1ccc(C(=O)O)cc1-n1cnc(C2CC2)c1. The van der Waals surface area contributed by atoms with E-state index in [0.717, 1.165) is 5.69 Å². The molecule has 1 fully saturated rings. The van der Waals surface area contributed by atoms with Crippen LogP contribution in [0.1, 0.15) is 34.8 Å². The minimum Gasteiger partial charge on any atom is -0.495 e. The van der Waals surface area contributed by atoms with Crippen LogP contribution in [-0.2, 0) is 0 Å². The standard InChI is InChI=1S/C14H14N2O3/c1-19-13-5-4-10(14(17)18)6-12(13)16-7-11(15-8-16)9-2-3-9/h4-9H,2-3H2,1H3,(H,17,18). The monoisotopic (exact) mass is 258 g/mol. The van der Waals surface area contributed by atoms with Gasteiger partial charge in [-0.2, -0.15) is 0 Å². The van der Waals surface area contributed by atoms with Crippen molar-refractivity contribution in [3.8, 4) is 11.4 Å². The Labute approximate surface area is 110 Å². The van der Waals surface area contributed by atoms with Gasteiger partial charge in [0, 0.05) is 12.1 Å². The van der Waals surface area contributed by atoms with Crippen molar-refractivity contribution >= 4 is 5.97 Å². The van der Waals surface area contributed by atoms with Crippen LogP contribution < -0.4 is 4.74 Å². The summed E-state index contributed by atoms with van der Waals surface area (Å²) in [6.07, 6.45) is 6.02. The maximum atomic E-state index is 11.0. The second-order valence-electron chi connectivity index (χ2n) is 4.67. The van der Waals surface area contributed by atoms with Crippen LogP contribution in [0.3, 0.4) is 0 Å². The molecule has 5 heteroatoms. The number of hydrogen-bond acceptors (Lipinski definition) is 3. The third kappa shape index (κ3) is 2.19. The van der Waals surface area contributed by atoms with Crippen molar-refractivity contribution in [3.05, 3.63) is 42.0 Å². The summed E-state index contributed by atoms with van der Waals surface area (Å²) in [6.45, 7) is 0. The van der Waals surface area contributed by atoms with Crippen LogP contribution in [0.25, 0.3) is 5.69 Å². The lowest BCUT2D eigenvalue weighted by atomic mass is 10.2. The maximum Gasteiger partial charge on any atom is 0.335 e. The number of benzene rings is 1. The number of carboxylic acids is 1. The highest BCUT2D eigenvalue weighted by Crippen LogP contribution is 2.39. The number of hydrogen-bond donors (Lipinski definition) is 1. The van der Waals surface area contributed by atoms with Crippen molar-refractivity contribution in [2.45, 2.75) is 18.8 Å². The first-order valence-electron chi connectivity index (χ1n) is 6.14. The van der Waals surface area contributed by atoms with Gasteiger partial charge in [-0.25, -0.2) is 9.78 Å². The summed E-state index contributed by atoms with van der Waals surface area (Å²) in [4.78, 5) is 15.4. The molecule has 0 aliphatic heterocycles. The molecule has 1 saturated carbocycles. The fourth-order valence-electron chi connectivity index (χ4n) is 2.08. The van der Waals surface area contributed by atoms with Crippen LogP contribution in [0, 0.1) is 0 Å². The highest BCUT2D eigenvalue weighted by molar-refractivity contribution is 5.88. The van der Waals surface area contributed by atoms with E-state index in [9.17, 15) is 4.79 Å². The Morgan fingerprint density at radius 3 is 2.89 bits per heavy atom. The fourth-order valence-corrected chi connectivity index (χ4v) is 2.08. The second kappa shape index (κ2) is 4.42. The quantitative estimate of drug-likeness (QED) is 0.914. The number of aromatic nitrogens is 2. The molecule has 1 aliphatic rings. The Balaban J connectivity index is 2.04. The van der Waals surface area contributed by atoms with Crippen LogP contribution >= 0.6 is 0 Å². The zero-order valence-electron chi connectivity index (χ0n) is 10.5. The van der Waals surface area contributed by atoms with Crippen molar-refractivity contribution in [2.75, 3.05) is 7.11 Å². The van der Waals surface area contributed by atoms with Crippen LogP contribution in [0.2, 0.25) is 0 Å². The summed E-state index contributed by atoms with van der Waals surface area (Å²) in [5.74, 6) is 0.242. The minimum absolute atomic E-state index is 0.234. The van der Waals surface area contributed by atoms with E-state index < -0.39 is 5.97 Å². The van der Waals surface area contributed by atoms with Gasteiger partial charge in [0.2, 0.25) is 0 Å². The van der Waals surface area contributed by atoms with E-state index in [1.807, 2.05) is 10.8 Å². The Hall–Kier alpha value is -2.30. The zero-order chi connectivity index (χ0) is 13.4. The van der Waals surface area contributed by atoms with Crippen molar-refractivity contribution in [3.63, 3.8) is 0 Å². The van der Waals surface area contributed by atoms with Gasteiger partial charge in [-0.15, -0.1) is 0 Å². The van der Waals surface area contributed by atoms with Crippen LogP contribution in [0.15, 0.2) is 30.7 Å². The summed E-state index contributed by atoms with van der Waals surface area (Å²) in [5.41, 5.74) is 1.99. The first-order valence-corrected chi connectivity index (χ1v) is 6.14. The van der Waals surface area contributed by atoms with Gasteiger partial charge in [-0.1, -0.05) is 0 Å². The lowest BCUT2D eigenvalue weighted by Gasteiger charge is -2.09. The lowest BCUT2D eigenvalue weighted by molar-refractivity contribution is 0.0697. The molecule has 3 rings (SSSR count). The van der Waals surface area contributed by atoms with Crippen LogP contribution in [0.5, 0.6) is 5.75 Å². The van der Waals surface area contributed by atoms with Gasteiger partial charge in [0.05, 0.1) is 30.4 Å². The van der Waals surface area contributed by atoms with Gasteiger partial charge in [-0.05, 0) is 31.0 Å². The molecule has 0 radical (unpaired) electrons. The van der Waals surface area contributed by atoms with Crippen molar-refractivity contribution < 1.29 is 14.6 Å². The average molecular weight is 258 g/mol. The normalized spacial score (nSPS) is 14.4. The number of carbonyl (C=O) groups is 1. The molecular weight excluding hydrogens is 244 g/mol. The summed E-state index contributed by atoms with van der Waals surface area (Å²) < 4.78 is 7.10. The number of methoxy groups -OCH3 is 1. The maximum absolute atomic E-state index is 11.0. The minimum atomic E-state index is -0.952. The molecule has 5 nitrogen and oxygen atoms in total. The zero-order valence-corrected chi connectivity index (χ0v) is 10.5. The molecule has 19 heavy (non-hydrogen) atoms. The lowest BCUT2D eigenvalue weighted by Crippen LogP contribution is -2.01. The third-order valence-electron chi connectivity index (χ3n) is 3.30. The first-order chi connectivity index (χ1) is 9.19. The Kier molecular flexibility index (Phi) is 2.74.